The van der Waals surface area contributed by atoms with Gasteiger partial charge in [0.1, 0.15) is 0 Å². The van der Waals surface area contributed by atoms with E-state index >= 15 is 0 Å². The Morgan fingerprint density at radius 2 is 1.68 bits per heavy atom. The molecule has 2 heterocycles. The van der Waals surface area contributed by atoms with E-state index in [1.807, 2.05) is 12.1 Å². The van der Waals surface area contributed by atoms with Crippen molar-refractivity contribution in [3.8, 4) is 5.69 Å². The van der Waals surface area contributed by atoms with Crippen LogP contribution in [0.3, 0.4) is 0 Å². The van der Waals surface area contributed by atoms with E-state index in [1.165, 1.54) is 24.9 Å². The SMILES string of the molecule is NCc1nnnn1-c1ccc(N2CCCCC2)cc1. The van der Waals surface area contributed by atoms with Gasteiger partial charge in [0.05, 0.1) is 12.2 Å². The molecule has 0 unspecified atom stereocenters. The van der Waals surface area contributed by atoms with Crippen molar-refractivity contribution in [3.05, 3.63) is 30.1 Å². The number of tetrazole rings is 1. The van der Waals surface area contributed by atoms with Crippen LogP contribution in [0.15, 0.2) is 24.3 Å². The van der Waals surface area contributed by atoms with Crippen LogP contribution in [0.1, 0.15) is 25.1 Å². The molecule has 0 saturated carbocycles. The summed E-state index contributed by atoms with van der Waals surface area (Å²) in [5, 5.41) is 11.5. The molecule has 1 saturated heterocycles. The third kappa shape index (κ3) is 2.44. The molecule has 6 heteroatoms. The molecule has 1 aromatic heterocycles. The van der Waals surface area contributed by atoms with Gasteiger partial charge in [-0.1, -0.05) is 0 Å². The number of anilines is 1. The predicted octanol–water partition coefficient (Wildman–Crippen LogP) is 1.11. The lowest BCUT2D eigenvalue weighted by atomic mass is 10.1. The van der Waals surface area contributed by atoms with Gasteiger partial charge in [0.15, 0.2) is 5.82 Å². The van der Waals surface area contributed by atoms with Gasteiger partial charge in [0.2, 0.25) is 0 Å². The minimum atomic E-state index is 0.334. The number of aromatic nitrogens is 4. The molecular formula is C13H18N6. The number of benzene rings is 1. The first-order valence-electron chi connectivity index (χ1n) is 6.71. The van der Waals surface area contributed by atoms with Gasteiger partial charge in [-0.15, -0.1) is 5.10 Å². The van der Waals surface area contributed by atoms with E-state index in [2.05, 4.69) is 32.6 Å². The van der Waals surface area contributed by atoms with Gasteiger partial charge >= 0.3 is 0 Å². The van der Waals surface area contributed by atoms with Crippen LogP contribution in [-0.2, 0) is 6.54 Å². The van der Waals surface area contributed by atoms with Crippen LogP contribution in [0.25, 0.3) is 5.69 Å². The van der Waals surface area contributed by atoms with E-state index < -0.39 is 0 Å². The minimum absolute atomic E-state index is 0.334. The molecule has 0 atom stereocenters. The molecule has 0 amide bonds. The van der Waals surface area contributed by atoms with Crippen molar-refractivity contribution >= 4 is 5.69 Å². The number of piperidine rings is 1. The molecule has 1 aromatic carbocycles. The number of hydrogen-bond acceptors (Lipinski definition) is 5. The maximum atomic E-state index is 5.61. The normalized spacial score (nSPS) is 15.7. The average molecular weight is 258 g/mol. The van der Waals surface area contributed by atoms with E-state index in [0.29, 0.717) is 12.4 Å². The molecule has 1 aliphatic heterocycles. The van der Waals surface area contributed by atoms with Crippen molar-refractivity contribution in [2.45, 2.75) is 25.8 Å². The van der Waals surface area contributed by atoms with Crippen LogP contribution in [0.4, 0.5) is 5.69 Å². The first-order valence-corrected chi connectivity index (χ1v) is 6.71. The summed E-state index contributed by atoms with van der Waals surface area (Å²) < 4.78 is 1.68. The summed E-state index contributed by atoms with van der Waals surface area (Å²) in [5.41, 5.74) is 7.83. The maximum absolute atomic E-state index is 5.61. The Hall–Kier alpha value is -1.95. The van der Waals surface area contributed by atoms with Gasteiger partial charge in [-0.3, -0.25) is 0 Å². The second-order valence-corrected chi connectivity index (χ2v) is 4.78. The average Bonchev–Trinajstić information content (AvgIpc) is 2.97. The molecule has 2 aromatic rings. The van der Waals surface area contributed by atoms with Crippen LogP contribution in [0, 0.1) is 0 Å². The summed E-state index contributed by atoms with van der Waals surface area (Å²) >= 11 is 0. The molecule has 0 radical (unpaired) electrons. The molecule has 1 fully saturated rings. The Labute approximate surface area is 112 Å². The molecule has 100 valence electrons. The largest absolute Gasteiger partial charge is 0.372 e. The zero-order valence-corrected chi connectivity index (χ0v) is 10.9. The number of rotatable bonds is 3. The Bertz CT molecular complexity index is 526. The molecule has 0 bridgehead atoms. The van der Waals surface area contributed by atoms with Gasteiger partial charge < -0.3 is 10.6 Å². The topological polar surface area (TPSA) is 72.9 Å². The fraction of sp³-hybridized carbons (Fsp3) is 0.462. The van der Waals surface area contributed by atoms with E-state index in [-0.39, 0.29) is 0 Å². The minimum Gasteiger partial charge on any atom is -0.372 e. The highest BCUT2D eigenvalue weighted by Crippen LogP contribution is 2.21. The highest BCUT2D eigenvalue weighted by Gasteiger charge is 2.11. The Kier molecular flexibility index (Phi) is 3.41. The van der Waals surface area contributed by atoms with Crippen LogP contribution in [0.5, 0.6) is 0 Å². The van der Waals surface area contributed by atoms with E-state index in [9.17, 15) is 0 Å². The van der Waals surface area contributed by atoms with Crippen LogP contribution >= 0.6 is 0 Å². The number of hydrogen-bond donors (Lipinski definition) is 1. The molecule has 0 aliphatic carbocycles. The Morgan fingerprint density at radius 1 is 1.00 bits per heavy atom. The second kappa shape index (κ2) is 5.36. The first-order chi connectivity index (χ1) is 9.38. The van der Waals surface area contributed by atoms with Gasteiger partial charge in [0.25, 0.3) is 0 Å². The van der Waals surface area contributed by atoms with Crippen LogP contribution < -0.4 is 10.6 Å². The third-order valence-electron chi connectivity index (χ3n) is 3.53. The number of nitrogens with two attached hydrogens (primary N) is 1. The fourth-order valence-corrected chi connectivity index (χ4v) is 2.49. The van der Waals surface area contributed by atoms with Crippen molar-refractivity contribution in [2.75, 3.05) is 18.0 Å². The van der Waals surface area contributed by atoms with Crippen molar-refractivity contribution in [1.82, 2.24) is 20.2 Å². The lowest BCUT2D eigenvalue weighted by Crippen LogP contribution is -2.29. The Morgan fingerprint density at radius 3 is 2.37 bits per heavy atom. The summed E-state index contributed by atoms with van der Waals surface area (Å²) in [6.45, 7) is 2.64. The van der Waals surface area contributed by atoms with Crippen molar-refractivity contribution < 1.29 is 0 Å². The quantitative estimate of drug-likeness (QED) is 0.893. The summed E-state index contributed by atoms with van der Waals surface area (Å²) in [4.78, 5) is 2.43. The van der Waals surface area contributed by atoms with Gasteiger partial charge in [-0.2, -0.15) is 4.68 Å². The maximum Gasteiger partial charge on any atom is 0.170 e. The third-order valence-corrected chi connectivity index (χ3v) is 3.53. The monoisotopic (exact) mass is 258 g/mol. The van der Waals surface area contributed by atoms with E-state index in [1.54, 1.807) is 4.68 Å². The van der Waals surface area contributed by atoms with Gasteiger partial charge in [-0.25, -0.2) is 0 Å². The van der Waals surface area contributed by atoms with Crippen molar-refractivity contribution in [2.24, 2.45) is 5.73 Å². The summed E-state index contributed by atoms with van der Waals surface area (Å²) in [5.74, 6) is 0.672. The molecule has 3 rings (SSSR count). The summed E-state index contributed by atoms with van der Waals surface area (Å²) in [6, 6.07) is 8.34. The van der Waals surface area contributed by atoms with Crippen LogP contribution in [0.2, 0.25) is 0 Å². The van der Waals surface area contributed by atoms with E-state index in [0.717, 1.165) is 18.8 Å². The lowest BCUT2D eigenvalue weighted by molar-refractivity contribution is 0.578. The summed E-state index contributed by atoms with van der Waals surface area (Å²) in [6.07, 6.45) is 3.91. The van der Waals surface area contributed by atoms with Crippen molar-refractivity contribution in [1.29, 1.82) is 0 Å². The molecule has 0 spiro atoms. The fourth-order valence-electron chi connectivity index (χ4n) is 2.49. The number of nitrogens with zero attached hydrogens (tertiary/aromatic N) is 5. The molecule has 1 aliphatic rings. The standard InChI is InChI=1S/C13H18N6/c14-10-13-15-16-17-19(13)12-6-4-11(5-7-12)18-8-2-1-3-9-18/h4-7H,1-3,8-10,14H2. The summed E-state index contributed by atoms with van der Waals surface area (Å²) in [7, 11) is 0. The Balaban J connectivity index is 1.82. The zero-order chi connectivity index (χ0) is 13.1. The molecule has 19 heavy (non-hydrogen) atoms. The van der Waals surface area contributed by atoms with Crippen molar-refractivity contribution in [3.63, 3.8) is 0 Å². The molecule has 6 nitrogen and oxygen atoms in total. The highest BCUT2D eigenvalue weighted by molar-refractivity contribution is 5.51. The van der Waals surface area contributed by atoms with E-state index in [4.69, 9.17) is 5.73 Å². The van der Waals surface area contributed by atoms with Gasteiger partial charge in [-0.05, 0) is 54.0 Å². The highest BCUT2D eigenvalue weighted by atomic mass is 15.5. The van der Waals surface area contributed by atoms with Crippen LogP contribution in [-0.4, -0.2) is 33.3 Å². The first kappa shape index (κ1) is 12.1. The smallest absolute Gasteiger partial charge is 0.170 e. The second-order valence-electron chi connectivity index (χ2n) is 4.78. The predicted molar refractivity (Wildman–Crippen MR) is 73.1 cm³/mol. The van der Waals surface area contributed by atoms with Gasteiger partial charge in [0, 0.05) is 18.8 Å². The zero-order valence-electron chi connectivity index (χ0n) is 10.9. The lowest BCUT2D eigenvalue weighted by Gasteiger charge is -2.28. The molecule has 2 N–H and O–H groups in total. The molecular weight excluding hydrogens is 240 g/mol.